The minimum absolute atomic E-state index is 0.0135. The number of nitrogens with zero attached hydrogens (tertiary/aromatic N) is 1. The molecule has 5 nitrogen and oxygen atoms in total. The predicted molar refractivity (Wildman–Crippen MR) is 72.8 cm³/mol. The number of urea groups is 1. The lowest BCUT2D eigenvalue weighted by Gasteiger charge is -2.53. The number of hydrogen-bond donors (Lipinski definition) is 2. The van der Waals surface area contributed by atoms with Gasteiger partial charge in [-0.15, -0.1) is 0 Å². The molecule has 0 aromatic carbocycles. The number of amides is 2. The van der Waals surface area contributed by atoms with Crippen LogP contribution in [0.3, 0.4) is 0 Å². The van der Waals surface area contributed by atoms with E-state index in [9.17, 15) is 9.90 Å². The molecule has 1 aliphatic heterocycles. The smallest absolute Gasteiger partial charge is 0.317 e. The van der Waals surface area contributed by atoms with Crippen LogP contribution in [0.25, 0.3) is 0 Å². The second kappa shape index (κ2) is 5.67. The molecule has 0 radical (unpaired) electrons. The van der Waals surface area contributed by atoms with E-state index in [0.29, 0.717) is 44.7 Å². The van der Waals surface area contributed by atoms with Gasteiger partial charge in [0.05, 0.1) is 19.3 Å². The van der Waals surface area contributed by atoms with Gasteiger partial charge in [0, 0.05) is 19.6 Å². The van der Waals surface area contributed by atoms with Gasteiger partial charge in [0.2, 0.25) is 0 Å². The van der Waals surface area contributed by atoms with E-state index >= 15 is 0 Å². The van der Waals surface area contributed by atoms with E-state index in [2.05, 4.69) is 19.2 Å². The van der Waals surface area contributed by atoms with Crippen LogP contribution in [0.5, 0.6) is 0 Å². The van der Waals surface area contributed by atoms with Gasteiger partial charge in [0.25, 0.3) is 0 Å². The molecule has 2 N–H and O–H groups in total. The van der Waals surface area contributed by atoms with E-state index in [4.69, 9.17) is 4.74 Å². The molecule has 2 aliphatic rings. The van der Waals surface area contributed by atoms with Crippen molar-refractivity contribution in [2.24, 2.45) is 17.3 Å². The van der Waals surface area contributed by atoms with Crippen molar-refractivity contribution in [3.63, 3.8) is 0 Å². The van der Waals surface area contributed by atoms with Crippen LogP contribution >= 0.6 is 0 Å². The van der Waals surface area contributed by atoms with Crippen molar-refractivity contribution in [1.29, 1.82) is 0 Å². The van der Waals surface area contributed by atoms with E-state index in [1.54, 1.807) is 4.90 Å². The van der Waals surface area contributed by atoms with Gasteiger partial charge in [0.15, 0.2) is 0 Å². The summed E-state index contributed by atoms with van der Waals surface area (Å²) in [4.78, 5) is 13.8. The molecule has 19 heavy (non-hydrogen) atoms. The number of nitrogens with one attached hydrogen (secondary N) is 1. The summed E-state index contributed by atoms with van der Waals surface area (Å²) in [6.45, 7) is 9.53. The minimum Gasteiger partial charge on any atom is -0.393 e. The lowest BCUT2D eigenvalue weighted by Crippen LogP contribution is -2.55. The summed E-state index contributed by atoms with van der Waals surface area (Å²) in [5, 5.41) is 12.7. The molecule has 1 aliphatic carbocycles. The molecule has 3 unspecified atom stereocenters. The predicted octanol–water partition coefficient (Wildman–Crippen LogP) is 1.07. The zero-order valence-corrected chi connectivity index (χ0v) is 12.2. The number of carbonyl (C=O) groups excluding carboxylic acids is 1. The molecule has 0 aromatic rings. The van der Waals surface area contributed by atoms with Crippen molar-refractivity contribution >= 4 is 6.03 Å². The van der Waals surface area contributed by atoms with E-state index in [-0.39, 0.29) is 17.6 Å². The summed E-state index contributed by atoms with van der Waals surface area (Å²) in [6.07, 6.45) is 0.731. The van der Waals surface area contributed by atoms with E-state index in [0.717, 1.165) is 6.42 Å². The van der Waals surface area contributed by atoms with Crippen LogP contribution in [0.1, 0.15) is 27.2 Å². The monoisotopic (exact) mass is 270 g/mol. The fourth-order valence-corrected chi connectivity index (χ4v) is 3.31. The molecule has 1 saturated carbocycles. The minimum atomic E-state index is -0.263. The average molecular weight is 270 g/mol. The standard InChI is InChI=1S/C14H26N2O3/c1-10(17)12-8-11(14(12,2)3)9-15-13(18)16-4-6-19-7-5-16/h10-12,17H,4-9H2,1-3H3,(H,15,18). The van der Waals surface area contributed by atoms with Crippen molar-refractivity contribution in [2.75, 3.05) is 32.8 Å². The molecule has 0 aromatic heterocycles. The Morgan fingerprint density at radius 1 is 1.47 bits per heavy atom. The Balaban J connectivity index is 1.76. The number of morpholine rings is 1. The van der Waals surface area contributed by atoms with E-state index < -0.39 is 0 Å². The van der Waals surface area contributed by atoms with E-state index in [1.165, 1.54) is 0 Å². The van der Waals surface area contributed by atoms with Crippen LogP contribution in [0.4, 0.5) is 4.79 Å². The molecular formula is C14H26N2O3. The number of carbonyl (C=O) groups is 1. The first-order valence-corrected chi connectivity index (χ1v) is 7.21. The molecule has 3 atom stereocenters. The summed E-state index contributed by atoms with van der Waals surface area (Å²) in [6, 6.07) is 0.0135. The van der Waals surface area contributed by atoms with Crippen molar-refractivity contribution in [1.82, 2.24) is 10.2 Å². The fourth-order valence-electron chi connectivity index (χ4n) is 3.31. The van der Waals surface area contributed by atoms with Gasteiger partial charge in [-0.3, -0.25) is 0 Å². The quantitative estimate of drug-likeness (QED) is 0.806. The summed E-state index contributed by atoms with van der Waals surface area (Å²) in [5.74, 6) is 0.801. The maximum Gasteiger partial charge on any atom is 0.317 e. The maximum absolute atomic E-state index is 12.0. The van der Waals surface area contributed by atoms with Crippen LogP contribution in [0.2, 0.25) is 0 Å². The summed E-state index contributed by atoms with van der Waals surface area (Å²) in [7, 11) is 0. The Morgan fingerprint density at radius 3 is 2.63 bits per heavy atom. The molecule has 0 bridgehead atoms. The zero-order valence-electron chi connectivity index (χ0n) is 12.2. The molecule has 1 heterocycles. The normalized spacial score (nSPS) is 31.5. The number of hydrogen-bond acceptors (Lipinski definition) is 3. The number of aliphatic hydroxyl groups is 1. The zero-order chi connectivity index (χ0) is 14.0. The highest BCUT2D eigenvalue weighted by atomic mass is 16.5. The van der Waals surface area contributed by atoms with Crippen molar-refractivity contribution in [3.8, 4) is 0 Å². The highest BCUT2D eigenvalue weighted by Gasteiger charge is 2.49. The van der Waals surface area contributed by atoms with Crippen LogP contribution in [-0.2, 0) is 4.74 Å². The first-order chi connectivity index (χ1) is 8.93. The SMILES string of the molecule is CC(O)C1CC(CNC(=O)N2CCOCC2)C1(C)C. The summed E-state index contributed by atoms with van der Waals surface area (Å²) >= 11 is 0. The Morgan fingerprint density at radius 2 is 2.11 bits per heavy atom. The Kier molecular flexibility index (Phi) is 4.36. The van der Waals surface area contributed by atoms with Gasteiger partial charge in [-0.05, 0) is 30.6 Å². The molecule has 2 fully saturated rings. The summed E-state index contributed by atoms with van der Waals surface area (Å²) in [5.41, 5.74) is 0.104. The van der Waals surface area contributed by atoms with Crippen LogP contribution < -0.4 is 5.32 Å². The Hall–Kier alpha value is -0.810. The average Bonchev–Trinajstić information content (AvgIpc) is 2.37. The second-order valence-corrected chi connectivity index (χ2v) is 6.39. The van der Waals surface area contributed by atoms with Crippen LogP contribution in [0, 0.1) is 17.3 Å². The molecule has 0 spiro atoms. The van der Waals surface area contributed by atoms with Gasteiger partial charge in [-0.1, -0.05) is 13.8 Å². The topological polar surface area (TPSA) is 61.8 Å². The van der Waals surface area contributed by atoms with Crippen LogP contribution in [-0.4, -0.2) is 55.0 Å². The molecule has 2 rings (SSSR count). The van der Waals surface area contributed by atoms with Gasteiger partial charge in [-0.25, -0.2) is 4.79 Å². The van der Waals surface area contributed by atoms with Crippen molar-refractivity contribution < 1.29 is 14.6 Å². The molecule has 1 saturated heterocycles. The molecule has 110 valence electrons. The third-order valence-corrected chi connectivity index (χ3v) is 4.93. The van der Waals surface area contributed by atoms with Gasteiger partial charge >= 0.3 is 6.03 Å². The third kappa shape index (κ3) is 3.03. The maximum atomic E-state index is 12.0. The lowest BCUT2D eigenvalue weighted by molar-refractivity contribution is -0.0854. The highest BCUT2D eigenvalue weighted by molar-refractivity contribution is 5.74. The number of ether oxygens (including phenoxy) is 1. The highest BCUT2D eigenvalue weighted by Crippen LogP contribution is 2.52. The Bertz CT molecular complexity index is 325. The van der Waals surface area contributed by atoms with Gasteiger partial charge < -0.3 is 20.1 Å². The lowest BCUT2D eigenvalue weighted by atomic mass is 9.53. The van der Waals surface area contributed by atoms with Crippen molar-refractivity contribution in [2.45, 2.75) is 33.3 Å². The van der Waals surface area contributed by atoms with Gasteiger partial charge in [0.1, 0.15) is 0 Å². The number of aliphatic hydroxyl groups excluding tert-OH is 1. The first-order valence-electron chi connectivity index (χ1n) is 7.21. The van der Waals surface area contributed by atoms with Crippen molar-refractivity contribution in [3.05, 3.63) is 0 Å². The largest absolute Gasteiger partial charge is 0.393 e. The Labute approximate surface area is 115 Å². The van der Waals surface area contributed by atoms with Crippen LogP contribution in [0.15, 0.2) is 0 Å². The molecular weight excluding hydrogens is 244 g/mol. The third-order valence-electron chi connectivity index (χ3n) is 4.93. The second-order valence-electron chi connectivity index (χ2n) is 6.39. The first kappa shape index (κ1) is 14.6. The fraction of sp³-hybridized carbons (Fsp3) is 0.929. The van der Waals surface area contributed by atoms with E-state index in [1.807, 2.05) is 6.92 Å². The molecule has 2 amide bonds. The van der Waals surface area contributed by atoms with Gasteiger partial charge in [-0.2, -0.15) is 0 Å². The summed E-state index contributed by atoms with van der Waals surface area (Å²) < 4.78 is 5.23. The number of rotatable bonds is 3. The molecule has 5 heteroatoms.